The number of hydrogen-bond donors (Lipinski definition) is 2. The summed E-state index contributed by atoms with van der Waals surface area (Å²) in [6.07, 6.45) is 1.77. The molecule has 0 unspecified atom stereocenters. The number of aromatic nitrogens is 1. The summed E-state index contributed by atoms with van der Waals surface area (Å²) < 4.78 is 5.62. The molecule has 24 heavy (non-hydrogen) atoms. The fourth-order valence-corrected chi connectivity index (χ4v) is 3.91. The van der Waals surface area contributed by atoms with E-state index in [1.807, 2.05) is 31.2 Å². The van der Waals surface area contributed by atoms with Gasteiger partial charge < -0.3 is 10.5 Å². The quantitative estimate of drug-likeness (QED) is 0.853. The zero-order chi connectivity index (χ0) is 17.1. The van der Waals surface area contributed by atoms with Crippen LogP contribution in [0.3, 0.4) is 0 Å². The molecule has 1 amide bonds. The predicted octanol–water partition coefficient (Wildman–Crippen LogP) is 3.14. The number of halogens is 1. The number of aryl methyl sites for hydroxylation is 1. The van der Waals surface area contributed by atoms with Crippen molar-refractivity contribution in [2.45, 2.75) is 38.4 Å². The molecule has 5 nitrogen and oxygen atoms in total. The van der Waals surface area contributed by atoms with E-state index in [4.69, 9.17) is 22.1 Å². The van der Waals surface area contributed by atoms with Crippen LogP contribution < -0.4 is 11.1 Å². The van der Waals surface area contributed by atoms with Crippen LogP contribution in [0.4, 0.5) is 5.13 Å². The topological polar surface area (TPSA) is 77.2 Å². The third-order valence-corrected chi connectivity index (χ3v) is 5.54. The number of anilines is 1. The molecule has 1 aromatic heterocycles. The van der Waals surface area contributed by atoms with Crippen molar-refractivity contribution < 1.29 is 9.53 Å². The predicted molar refractivity (Wildman–Crippen MR) is 96.7 cm³/mol. The number of hydrogen-bond acceptors (Lipinski definition) is 5. The van der Waals surface area contributed by atoms with Crippen LogP contribution in [-0.4, -0.2) is 29.6 Å². The lowest BCUT2D eigenvalue weighted by molar-refractivity contribution is -0.126. The summed E-state index contributed by atoms with van der Waals surface area (Å²) in [4.78, 5) is 17.8. The van der Waals surface area contributed by atoms with Gasteiger partial charge >= 0.3 is 0 Å². The van der Waals surface area contributed by atoms with Gasteiger partial charge in [-0.1, -0.05) is 29.8 Å². The summed E-state index contributed by atoms with van der Waals surface area (Å²) in [5.74, 6) is -0.149. The third-order valence-electron chi connectivity index (χ3n) is 4.09. The lowest BCUT2D eigenvalue weighted by Gasteiger charge is -2.11. The maximum atomic E-state index is 12.3. The van der Waals surface area contributed by atoms with Gasteiger partial charge in [0.2, 0.25) is 0 Å². The van der Waals surface area contributed by atoms with E-state index in [2.05, 4.69) is 10.3 Å². The Kier molecular flexibility index (Phi) is 5.50. The number of carbonyl (C=O) groups is 1. The molecule has 2 aromatic rings. The van der Waals surface area contributed by atoms with E-state index in [1.165, 1.54) is 11.3 Å². The van der Waals surface area contributed by atoms with Crippen LogP contribution in [0.1, 0.15) is 29.0 Å². The molecule has 2 heterocycles. The molecule has 7 heteroatoms. The summed E-state index contributed by atoms with van der Waals surface area (Å²) in [5.41, 5.74) is 7.53. The number of ether oxygens (including phenoxy) is 1. The highest BCUT2D eigenvalue weighted by Crippen LogP contribution is 2.28. The number of carbonyl (C=O) groups excluding carboxylic acids is 1. The number of nitrogens with one attached hydrogen (secondary N) is 1. The van der Waals surface area contributed by atoms with E-state index in [-0.39, 0.29) is 12.0 Å². The van der Waals surface area contributed by atoms with E-state index in [0.29, 0.717) is 24.5 Å². The molecule has 0 bridgehead atoms. The highest BCUT2D eigenvalue weighted by Gasteiger charge is 2.30. The zero-order valence-corrected chi connectivity index (χ0v) is 15.0. The Morgan fingerprint density at radius 1 is 1.46 bits per heavy atom. The second-order valence-corrected chi connectivity index (χ2v) is 7.34. The first-order chi connectivity index (χ1) is 11.6. The summed E-state index contributed by atoms with van der Waals surface area (Å²) in [6, 6.07) is 7.75. The number of thiazole rings is 1. The summed E-state index contributed by atoms with van der Waals surface area (Å²) in [7, 11) is 0. The molecule has 0 spiro atoms. The molecule has 1 aliphatic rings. The molecule has 1 aliphatic heterocycles. The Balaban J connectivity index is 1.66. The molecular formula is C17H20ClN3O2S. The van der Waals surface area contributed by atoms with E-state index in [0.717, 1.165) is 27.6 Å². The first kappa shape index (κ1) is 17.4. The maximum Gasteiger partial charge on any atom is 0.255 e. The first-order valence-electron chi connectivity index (χ1n) is 7.93. The van der Waals surface area contributed by atoms with Crippen molar-refractivity contribution in [2.24, 2.45) is 5.73 Å². The second-order valence-electron chi connectivity index (χ2n) is 5.84. The minimum atomic E-state index is -0.435. The third kappa shape index (κ3) is 3.95. The van der Waals surface area contributed by atoms with Crippen molar-refractivity contribution in [2.75, 3.05) is 11.9 Å². The standard InChI is InChI=1S/C17H20ClN3O2S/c1-10-15(8-11-4-2-3-5-13(11)18)24-17(20-10)21-16(22)14-7-6-12(9-19)23-14/h2-5,12,14H,6-9,19H2,1H3,(H,20,21,22)/t12-,14+/m1/s1. The number of rotatable bonds is 5. The number of nitrogens with two attached hydrogens (primary N) is 1. The van der Waals surface area contributed by atoms with Crippen molar-refractivity contribution >= 4 is 34.0 Å². The zero-order valence-electron chi connectivity index (χ0n) is 13.4. The number of amides is 1. The van der Waals surface area contributed by atoms with Crippen molar-refractivity contribution in [3.05, 3.63) is 45.4 Å². The molecule has 1 aromatic carbocycles. The van der Waals surface area contributed by atoms with Crippen LogP contribution >= 0.6 is 22.9 Å². The number of benzene rings is 1. The average molecular weight is 366 g/mol. The highest BCUT2D eigenvalue weighted by molar-refractivity contribution is 7.15. The van der Waals surface area contributed by atoms with E-state index in [9.17, 15) is 4.79 Å². The van der Waals surface area contributed by atoms with Gasteiger partial charge in [-0.15, -0.1) is 11.3 Å². The van der Waals surface area contributed by atoms with Gasteiger partial charge in [0.05, 0.1) is 11.8 Å². The van der Waals surface area contributed by atoms with Crippen molar-refractivity contribution in [3.63, 3.8) is 0 Å². The number of nitrogens with zero attached hydrogens (tertiary/aromatic N) is 1. The smallest absolute Gasteiger partial charge is 0.255 e. The van der Waals surface area contributed by atoms with Gasteiger partial charge in [0.15, 0.2) is 5.13 Å². The van der Waals surface area contributed by atoms with Gasteiger partial charge in [-0.05, 0) is 31.4 Å². The van der Waals surface area contributed by atoms with E-state index >= 15 is 0 Å². The van der Waals surface area contributed by atoms with Gasteiger partial charge in [-0.25, -0.2) is 4.98 Å². The summed E-state index contributed by atoms with van der Waals surface area (Å²) in [5, 5.41) is 4.20. The molecule has 1 saturated heterocycles. The summed E-state index contributed by atoms with van der Waals surface area (Å²) >= 11 is 7.69. The molecule has 0 aliphatic carbocycles. The van der Waals surface area contributed by atoms with Crippen LogP contribution in [0.15, 0.2) is 24.3 Å². The fourth-order valence-electron chi connectivity index (χ4n) is 2.72. The molecule has 0 saturated carbocycles. The lowest BCUT2D eigenvalue weighted by Crippen LogP contribution is -2.29. The Bertz CT molecular complexity index is 734. The minimum absolute atomic E-state index is 0.0189. The van der Waals surface area contributed by atoms with Crippen LogP contribution in [0.25, 0.3) is 0 Å². The first-order valence-corrected chi connectivity index (χ1v) is 9.12. The SMILES string of the molecule is Cc1nc(NC(=O)[C@@H]2CC[C@H](CN)O2)sc1Cc1ccccc1Cl. The van der Waals surface area contributed by atoms with Crippen molar-refractivity contribution in [3.8, 4) is 0 Å². The molecule has 3 rings (SSSR count). The van der Waals surface area contributed by atoms with Crippen molar-refractivity contribution in [1.29, 1.82) is 0 Å². The molecule has 2 atom stereocenters. The summed E-state index contributed by atoms with van der Waals surface area (Å²) in [6.45, 7) is 2.39. The van der Waals surface area contributed by atoms with Gasteiger partial charge in [-0.2, -0.15) is 0 Å². The second kappa shape index (κ2) is 7.61. The van der Waals surface area contributed by atoms with Crippen molar-refractivity contribution in [1.82, 2.24) is 4.98 Å². The molecular weight excluding hydrogens is 346 g/mol. The minimum Gasteiger partial charge on any atom is -0.364 e. The Morgan fingerprint density at radius 3 is 2.96 bits per heavy atom. The van der Waals surface area contributed by atoms with E-state index < -0.39 is 6.10 Å². The highest BCUT2D eigenvalue weighted by atomic mass is 35.5. The Labute approximate surface area is 150 Å². The van der Waals surface area contributed by atoms with Gasteiger partial charge in [0.25, 0.3) is 5.91 Å². The Hall–Kier alpha value is -1.47. The van der Waals surface area contributed by atoms with Gasteiger partial charge in [0, 0.05) is 22.9 Å². The van der Waals surface area contributed by atoms with E-state index in [1.54, 1.807) is 0 Å². The Morgan fingerprint density at radius 2 is 2.25 bits per heavy atom. The molecule has 0 radical (unpaired) electrons. The van der Waals surface area contributed by atoms with Gasteiger partial charge in [-0.3, -0.25) is 10.1 Å². The largest absolute Gasteiger partial charge is 0.364 e. The van der Waals surface area contributed by atoms with Gasteiger partial charge in [0.1, 0.15) is 6.10 Å². The lowest BCUT2D eigenvalue weighted by atomic mass is 10.1. The molecule has 3 N–H and O–H groups in total. The fraction of sp³-hybridized carbons (Fsp3) is 0.412. The van der Waals surface area contributed by atoms with Crippen LogP contribution in [0.2, 0.25) is 5.02 Å². The maximum absolute atomic E-state index is 12.3. The molecule has 128 valence electrons. The average Bonchev–Trinajstić information content (AvgIpc) is 3.17. The van der Waals surface area contributed by atoms with Crippen LogP contribution in [-0.2, 0) is 16.0 Å². The monoisotopic (exact) mass is 365 g/mol. The normalized spacial score (nSPS) is 20.3. The van der Waals surface area contributed by atoms with Crippen LogP contribution in [0, 0.1) is 6.92 Å². The van der Waals surface area contributed by atoms with Crippen LogP contribution in [0.5, 0.6) is 0 Å². The molecule has 1 fully saturated rings.